The average Bonchev–Trinajstić information content (AvgIpc) is 1.93. The number of allylic oxidation sites excluding steroid dienone is 6. The average molecular weight is 198 g/mol. The molecule has 0 fully saturated rings. The molecule has 0 spiro atoms. The maximum absolute atomic E-state index is 4.93. The molecule has 0 aliphatic rings. The van der Waals surface area contributed by atoms with Crippen LogP contribution >= 0.6 is 0 Å². The summed E-state index contributed by atoms with van der Waals surface area (Å²) in [7, 11) is 0. The van der Waals surface area contributed by atoms with E-state index in [-0.39, 0.29) is 17.1 Å². The standard InChI is InChI=1S/2C5H7.Cu/c2*1-3-5-4-2;/h2*1,3-5H,2H3;/q2*-1;+2. The molecule has 0 heterocycles. The van der Waals surface area contributed by atoms with Gasteiger partial charge in [0.2, 0.25) is 0 Å². The minimum atomic E-state index is 0. The van der Waals surface area contributed by atoms with Gasteiger partial charge < -0.3 is 0 Å². The van der Waals surface area contributed by atoms with Crippen molar-refractivity contribution >= 4 is 0 Å². The van der Waals surface area contributed by atoms with Gasteiger partial charge in [-0.1, -0.05) is 13.8 Å². The molecule has 0 saturated heterocycles. The molecule has 0 unspecified atom stereocenters. The van der Waals surface area contributed by atoms with Gasteiger partial charge in [0.05, 0.1) is 0 Å². The van der Waals surface area contributed by atoms with E-state index in [9.17, 15) is 0 Å². The minimum Gasteiger partial charge on any atom is -0.293 e. The zero-order valence-corrected chi connectivity index (χ0v) is 7.86. The molecule has 0 aromatic heterocycles. The van der Waals surface area contributed by atoms with Crippen LogP contribution in [0.25, 0.3) is 0 Å². The number of rotatable bonds is 2. The third-order valence-electron chi connectivity index (χ3n) is 0.607. The Bertz CT molecular complexity index is 105. The van der Waals surface area contributed by atoms with Crippen LogP contribution in [-0.4, -0.2) is 0 Å². The van der Waals surface area contributed by atoms with Crippen LogP contribution in [0.15, 0.2) is 36.5 Å². The van der Waals surface area contributed by atoms with Gasteiger partial charge in [-0.3, -0.25) is 13.2 Å². The smallest absolute Gasteiger partial charge is 0.293 e. The van der Waals surface area contributed by atoms with Crippen molar-refractivity contribution in [2.45, 2.75) is 13.8 Å². The summed E-state index contributed by atoms with van der Waals surface area (Å²) in [6.07, 6.45) is 10.3. The molecule has 0 rings (SSSR count). The Labute approximate surface area is 80.9 Å². The first-order chi connectivity index (χ1) is 4.83. The summed E-state index contributed by atoms with van der Waals surface area (Å²) in [5.74, 6) is 0. The van der Waals surface area contributed by atoms with Crippen molar-refractivity contribution in [2.24, 2.45) is 0 Å². The zero-order valence-electron chi connectivity index (χ0n) is 6.92. The van der Waals surface area contributed by atoms with Crippen molar-refractivity contribution in [1.82, 2.24) is 0 Å². The van der Waals surface area contributed by atoms with Crippen molar-refractivity contribution in [3.63, 3.8) is 0 Å². The van der Waals surface area contributed by atoms with Gasteiger partial charge in [-0.25, -0.2) is 24.3 Å². The Hall–Kier alpha value is -0.521. The first-order valence-electron chi connectivity index (χ1n) is 3.15. The van der Waals surface area contributed by atoms with E-state index in [0.29, 0.717) is 0 Å². The van der Waals surface area contributed by atoms with Crippen LogP contribution in [0, 0.1) is 13.2 Å². The molecule has 1 radical (unpaired) electrons. The van der Waals surface area contributed by atoms with Crippen LogP contribution in [0.3, 0.4) is 0 Å². The Kier molecular flexibility index (Phi) is 34.7. The minimum absolute atomic E-state index is 0. The van der Waals surface area contributed by atoms with E-state index >= 15 is 0 Å². The van der Waals surface area contributed by atoms with E-state index in [2.05, 4.69) is 0 Å². The molecule has 0 aromatic rings. The van der Waals surface area contributed by atoms with Crippen LogP contribution < -0.4 is 0 Å². The molecule has 0 aromatic carbocycles. The van der Waals surface area contributed by atoms with Crippen molar-refractivity contribution in [3.05, 3.63) is 49.6 Å². The third kappa shape index (κ3) is 43.8. The van der Waals surface area contributed by atoms with Crippen LogP contribution in [0.4, 0.5) is 0 Å². The van der Waals surface area contributed by atoms with E-state index in [4.69, 9.17) is 13.2 Å². The molecule has 11 heavy (non-hydrogen) atoms. The summed E-state index contributed by atoms with van der Waals surface area (Å²) < 4.78 is 0. The monoisotopic (exact) mass is 197 g/mol. The number of hydrogen-bond donors (Lipinski definition) is 0. The van der Waals surface area contributed by atoms with Crippen molar-refractivity contribution in [1.29, 1.82) is 0 Å². The summed E-state index contributed by atoms with van der Waals surface area (Å²) in [5, 5.41) is 0. The van der Waals surface area contributed by atoms with E-state index in [0.717, 1.165) is 0 Å². The zero-order chi connectivity index (χ0) is 8.24. The maximum atomic E-state index is 4.93. The van der Waals surface area contributed by atoms with E-state index < -0.39 is 0 Å². The SMILES string of the molecule is [CH-]=CC=CC.[CH-]=CC=CC.[Cu+2]. The molecule has 0 bridgehead atoms. The van der Waals surface area contributed by atoms with Gasteiger partial charge in [-0.15, -0.1) is 0 Å². The molecule has 0 N–H and O–H groups in total. The van der Waals surface area contributed by atoms with E-state index in [1.807, 2.05) is 26.0 Å². The normalized spacial score (nSPS) is 8.18. The summed E-state index contributed by atoms with van der Waals surface area (Å²) >= 11 is 0. The molecule has 0 aliphatic heterocycles. The molecule has 1 heteroatoms. The van der Waals surface area contributed by atoms with E-state index in [1.54, 1.807) is 12.2 Å². The van der Waals surface area contributed by atoms with Gasteiger partial charge in [0.1, 0.15) is 0 Å². The second-order valence-corrected chi connectivity index (χ2v) is 1.44. The molecule has 0 aliphatic carbocycles. The second-order valence-electron chi connectivity index (χ2n) is 1.44. The second kappa shape index (κ2) is 22.7. The predicted molar refractivity (Wildman–Crippen MR) is 47.4 cm³/mol. The fraction of sp³-hybridized carbons (Fsp3) is 0.200. The quantitative estimate of drug-likeness (QED) is 0.363. The molecule has 0 nitrogen and oxygen atoms in total. The molecule has 0 saturated carbocycles. The Morgan fingerprint density at radius 1 is 0.818 bits per heavy atom. The Morgan fingerprint density at radius 3 is 1.09 bits per heavy atom. The summed E-state index contributed by atoms with van der Waals surface area (Å²) in [5.41, 5.74) is 0. The molecule has 65 valence electrons. The Balaban J connectivity index is -0.000000107. The van der Waals surface area contributed by atoms with Crippen molar-refractivity contribution in [3.8, 4) is 0 Å². The summed E-state index contributed by atoms with van der Waals surface area (Å²) in [4.78, 5) is 0. The Morgan fingerprint density at radius 2 is 1.09 bits per heavy atom. The van der Waals surface area contributed by atoms with Gasteiger partial charge in [0.25, 0.3) is 0 Å². The van der Waals surface area contributed by atoms with E-state index in [1.165, 1.54) is 12.2 Å². The molecular weight excluding hydrogens is 184 g/mol. The van der Waals surface area contributed by atoms with Crippen molar-refractivity contribution in [2.75, 3.05) is 0 Å². The van der Waals surface area contributed by atoms with Gasteiger partial charge in [-0.2, -0.15) is 12.2 Å². The van der Waals surface area contributed by atoms with Gasteiger partial charge in [0.15, 0.2) is 0 Å². The molecule has 0 atom stereocenters. The predicted octanol–water partition coefficient (Wildman–Crippen LogP) is 3.10. The molecule has 0 amide bonds. The third-order valence-corrected chi connectivity index (χ3v) is 0.607. The fourth-order valence-electron chi connectivity index (χ4n) is 0.222. The first kappa shape index (κ1) is 16.8. The first-order valence-corrected chi connectivity index (χ1v) is 3.15. The largest absolute Gasteiger partial charge is 2.00 e. The van der Waals surface area contributed by atoms with Crippen LogP contribution in [0.1, 0.15) is 13.8 Å². The topological polar surface area (TPSA) is 0 Å². The van der Waals surface area contributed by atoms with Crippen LogP contribution in [0.2, 0.25) is 0 Å². The summed E-state index contributed by atoms with van der Waals surface area (Å²) in [6, 6.07) is 0. The fourth-order valence-corrected chi connectivity index (χ4v) is 0.222. The summed E-state index contributed by atoms with van der Waals surface area (Å²) in [6.45, 7) is 13.7. The number of hydrogen-bond acceptors (Lipinski definition) is 0. The van der Waals surface area contributed by atoms with Crippen LogP contribution in [0.5, 0.6) is 0 Å². The van der Waals surface area contributed by atoms with Gasteiger partial charge in [0, 0.05) is 0 Å². The van der Waals surface area contributed by atoms with Crippen LogP contribution in [-0.2, 0) is 17.1 Å². The van der Waals surface area contributed by atoms with Gasteiger partial charge >= 0.3 is 17.1 Å². The maximum Gasteiger partial charge on any atom is 2.00 e. The molecular formula is C10H14Cu. The van der Waals surface area contributed by atoms with Crippen molar-refractivity contribution < 1.29 is 17.1 Å². The van der Waals surface area contributed by atoms with Gasteiger partial charge in [-0.05, 0) is 0 Å².